The quantitative estimate of drug-likeness (QED) is 0.923. The molecule has 2 rings (SSSR count). The van der Waals surface area contributed by atoms with Crippen molar-refractivity contribution >= 4 is 28.3 Å². The summed E-state index contributed by atoms with van der Waals surface area (Å²) in [7, 11) is 2.02. The van der Waals surface area contributed by atoms with Gasteiger partial charge in [-0.2, -0.15) is 0 Å². The molecule has 1 aliphatic rings. The highest BCUT2D eigenvalue weighted by molar-refractivity contribution is 9.10. The molecule has 0 aromatic carbocycles. The summed E-state index contributed by atoms with van der Waals surface area (Å²) in [4.78, 5) is 6.75. The van der Waals surface area contributed by atoms with Crippen LogP contribution in [0.5, 0.6) is 0 Å². The topological polar surface area (TPSA) is 28.2 Å². The molecule has 1 aromatic heterocycles. The van der Waals surface area contributed by atoms with E-state index in [0.29, 0.717) is 6.04 Å². The Morgan fingerprint density at radius 2 is 2.35 bits per heavy atom. The number of hydrogen-bond donors (Lipinski definition) is 1. The van der Waals surface area contributed by atoms with Gasteiger partial charge in [-0.25, -0.2) is 0 Å². The predicted octanol–water partition coefficient (Wildman–Crippen LogP) is 2.45. The summed E-state index contributed by atoms with van der Waals surface area (Å²) in [5.74, 6) is 0. The van der Waals surface area contributed by atoms with E-state index in [-0.39, 0.29) is 12.4 Å². The molecule has 2 heterocycles. The molecule has 1 fully saturated rings. The highest BCUT2D eigenvalue weighted by Gasteiger charge is 2.23. The molecule has 5 heteroatoms. The fourth-order valence-corrected chi connectivity index (χ4v) is 2.76. The average Bonchev–Trinajstić information content (AvgIpc) is 2.66. The number of nitrogens with zero attached hydrogens (tertiary/aromatic N) is 2. The van der Waals surface area contributed by atoms with Crippen molar-refractivity contribution in [1.29, 1.82) is 0 Å². The molecule has 0 aliphatic carbocycles. The largest absolute Gasteiger partial charge is 0.318 e. The molecule has 0 saturated carbocycles. The SMILES string of the molecule is CNCC1CCCN1Cc1cncc(Br)c1.Cl. The molecule has 96 valence electrons. The second-order valence-corrected chi connectivity index (χ2v) is 5.25. The van der Waals surface area contributed by atoms with E-state index in [1.165, 1.54) is 24.9 Å². The van der Waals surface area contributed by atoms with Crippen molar-refractivity contribution < 1.29 is 0 Å². The third kappa shape index (κ3) is 4.21. The Hall–Kier alpha value is -0.160. The van der Waals surface area contributed by atoms with Gasteiger partial charge in [0.2, 0.25) is 0 Å². The zero-order valence-electron chi connectivity index (χ0n) is 10.0. The molecule has 0 radical (unpaired) electrons. The van der Waals surface area contributed by atoms with Gasteiger partial charge in [-0.05, 0) is 54.0 Å². The van der Waals surface area contributed by atoms with Crippen LogP contribution in [0.25, 0.3) is 0 Å². The molecule has 1 aromatic rings. The highest BCUT2D eigenvalue weighted by Crippen LogP contribution is 2.20. The first kappa shape index (κ1) is 14.9. The average molecular weight is 321 g/mol. The lowest BCUT2D eigenvalue weighted by molar-refractivity contribution is 0.242. The number of pyridine rings is 1. The summed E-state index contributed by atoms with van der Waals surface area (Å²) in [6.07, 6.45) is 6.41. The summed E-state index contributed by atoms with van der Waals surface area (Å²) >= 11 is 3.46. The molecular formula is C12H19BrClN3. The number of likely N-dealkylation sites (tertiary alicyclic amines) is 1. The maximum Gasteiger partial charge on any atom is 0.0410 e. The number of likely N-dealkylation sites (N-methyl/N-ethyl adjacent to an activating group) is 1. The second-order valence-electron chi connectivity index (χ2n) is 4.34. The van der Waals surface area contributed by atoms with Crippen molar-refractivity contribution in [3.05, 3.63) is 28.5 Å². The molecule has 17 heavy (non-hydrogen) atoms. The van der Waals surface area contributed by atoms with E-state index >= 15 is 0 Å². The van der Waals surface area contributed by atoms with Crippen LogP contribution in [0.3, 0.4) is 0 Å². The van der Waals surface area contributed by atoms with Gasteiger partial charge in [0.25, 0.3) is 0 Å². The first-order chi connectivity index (χ1) is 7.79. The van der Waals surface area contributed by atoms with Gasteiger partial charge >= 0.3 is 0 Å². The van der Waals surface area contributed by atoms with Crippen molar-refractivity contribution in [3.63, 3.8) is 0 Å². The van der Waals surface area contributed by atoms with E-state index in [4.69, 9.17) is 0 Å². The van der Waals surface area contributed by atoms with Crippen LogP contribution >= 0.6 is 28.3 Å². The van der Waals surface area contributed by atoms with Gasteiger partial charge in [-0.15, -0.1) is 12.4 Å². The lowest BCUT2D eigenvalue weighted by Crippen LogP contribution is -2.36. The highest BCUT2D eigenvalue weighted by atomic mass is 79.9. The molecule has 1 aliphatic heterocycles. The summed E-state index contributed by atoms with van der Waals surface area (Å²) in [6, 6.07) is 2.84. The molecule has 0 spiro atoms. The molecule has 1 unspecified atom stereocenters. The van der Waals surface area contributed by atoms with Crippen LogP contribution in [0.2, 0.25) is 0 Å². The van der Waals surface area contributed by atoms with Crippen LogP contribution in [-0.2, 0) is 6.54 Å². The summed E-state index contributed by atoms with van der Waals surface area (Å²) in [6.45, 7) is 3.30. The van der Waals surface area contributed by atoms with Crippen LogP contribution in [0.4, 0.5) is 0 Å². The minimum atomic E-state index is 0. The zero-order valence-corrected chi connectivity index (χ0v) is 12.4. The van der Waals surface area contributed by atoms with Crippen molar-refractivity contribution in [1.82, 2.24) is 15.2 Å². The lowest BCUT2D eigenvalue weighted by Gasteiger charge is -2.24. The molecular weight excluding hydrogens is 302 g/mol. The third-order valence-corrected chi connectivity index (χ3v) is 3.52. The Bertz CT molecular complexity index is 348. The summed E-state index contributed by atoms with van der Waals surface area (Å²) in [5, 5.41) is 3.27. The van der Waals surface area contributed by atoms with Gasteiger partial charge in [0.05, 0.1) is 0 Å². The van der Waals surface area contributed by atoms with Crippen molar-refractivity contribution in [3.8, 4) is 0 Å². The fourth-order valence-electron chi connectivity index (χ4n) is 2.35. The van der Waals surface area contributed by atoms with E-state index in [1.54, 1.807) is 0 Å². The Kier molecular flexibility index (Phi) is 6.41. The van der Waals surface area contributed by atoms with E-state index in [9.17, 15) is 0 Å². The number of halogens is 2. The summed E-state index contributed by atoms with van der Waals surface area (Å²) < 4.78 is 1.06. The number of aromatic nitrogens is 1. The van der Waals surface area contributed by atoms with Gasteiger partial charge in [-0.1, -0.05) is 0 Å². The first-order valence-electron chi connectivity index (χ1n) is 5.77. The van der Waals surface area contributed by atoms with E-state index in [1.807, 2.05) is 19.4 Å². The number of rotatable bonds is 4. The smallest absolute Gasteiger partial charge is 0.0410 e. The minimum Gasteiger partial charge on any atom is -0.318 e. The van der Waals surface area contributed by atoms with Gasteiger partial charge in [-0.3, -0.25) is 9.88 Å². The molecule has 0 amide bonds. The number of hydrogen-bond acceptors (Lipinski definition) is 3. The van der Waals surface area contributed by atoms with Crippen molar-refractivity contribution in [2.24, 2.45) is 0 Å². The fraction of sp³-hybridized carbons (Fsp3) is 0.583. The van der Waals surface area contributed by atoms with E-state index in [2.05, 4.69) is 37.2 Å². The predicted molar refractivity (Wildman–Crippen MR) is 76.5 cm³/mol. The van der Waals surface area contributed by atoms with Gasteiger partial charge < -0.3 is 5.32 Å². The Morgan fingerprint density at radius 1 is 1.53 bits per heavy atom. The van der Waals surface area contributed by atoms with Crippen molar-refractivity contribution in [2.75, 3.05) is 20.1 Å². The molecule has 3 nitrogen and oxygen atoms in total. The van der Waals surface area contributed by atoms with Gasteiger partial charge in [0.1, 0.15) is 0 Å². The Balaban J connectivity index is 0.00000144. The molecule has 0 bridgehead atoms. The summed E-state index contributed by atoms with van der Waals surface area (Å²) in [5.41, 5.74) is 1.29. The molecule has 1 saturated heterocycles. The van der Waals surface area contributed by atoms with Crippen LogP contribution in [-0.4, -0.2) is 36.1 Å². The van der Waals surface area contributed by atoms with E-state index < -0.39 is 0 Å². The van der Waals surface area contributed by atoms with Crippen LogP contribution in [0.1, 0.15) is 18.4 Å². The standard InChI is InChI=1S/C12H18BrN3.ClH/c1-14-8-12-3-2-4-16(12)9-10-5-11(13)7-15-6-10;/h5-7,12,14H,2-4,8-9H2,1H3;1H. The lowest BCUT2D eigenvalue weighted by atomic mass is 10.2. The van der Waals surface area contributed by atoms with Crippen molar-refractivity contribution in [2.45, 2.75) is 25.4 Å². The second kappa shape index (κ2) is 7.31. The van der Waals surface area contributed by atoms with Crippen LogP contribution in [0, 0.1) is 0 Å². The Labute approximate surface area is 118 Å². The normalized spacial score (nSPS) is 20.2. The van der Waals surface area contributed by atoms with Gasteiger partial charge in [0.15, 0.2) is 0 Å². The van der Waals surface area contributed by atoms with E-state index in [0.717, 1.165) is 17.6 Å². The van der Waals surface area contributed by atoms with Crippen LogP contribution < -0.4 is 5.32 Å². The van der Waals surface area contributed by atoms with Crippen LogP contribution in [0.15, 0.2) is 22.9 Å². The zero-order chi connectivity index (χ0) is 11.4. The Morgan fingerprint density at radius 3 is 3.06 bits per heavy atom. The van der Waals surface area contributed by atoms with Gasteiger partial charge in [0, 0.05) is 36.0 Å². The minimum absolute atomic E-state index is 0. The third-order valence-electron chi connectivity index (χ3n) is 3.09. The maximum absolute atomic E-state index is 4.21. The molecule has 1 atom stereocenters. The maximum atomic E-state index is 4.21. The number of nitrogens with one attached hydrogen (secondary N) is 1. The monoisotopic (exact) mass is 319 g/mol. The first-order valence-corrected chi connectivity index (χ1v) is 6.57. The molecule has 1 N–H and O–H groups in total.